The van der Waals surface area contributed by atoms with E-state index < -0.39 is 0 Å². The number of hydrogen-bond acceptors (Lipinski definition) is 3. The van der Waals surface area contributed by atoms with E-state index >= 15 is 0 Å². The van der Waals surface area contributed by atoms with E-state index in [4.69, 9.17) is 11.0 Å². The van der Waals surface area contributed by atoms with Crippen LogP contribution in [0, 0.1) is 11.3 Å². The van der Waals surface area contributed by atoms with Crippen molar-refractivity contribution in [1.29, 1.82) is 5.26 Å². The lowest BCUT2D eigenvalue weighted by Gasteiger charge is -2.30. The lowest BCUT2D eigenvalue weighted by Crippen LogP contribution is -2.43. The normalized spacial score (nSPS) is 15.8. The minimum Gasteiger partial charge on any atom is -0.398 e. The number of carbonyl (C=O) groups excluding carboxylic acids is 1. The van der Waals surface area contributed by atoms with Crippen LogP contribution in [0.15, 0.2) is 54.6 Å². The van der Waals surface area contributed by atoms with Crippen molar-refractivity contribution < 1.29 is 4.79 Å². The van der Waals surface area contributed by atoms with Crippen LogP contribution < -0.4 is 11.1 Å². The third kappa shape index (κ3) is 3.72. The quantitative estimate of drug-likeness (QED) is 0.661. The van der Waals surface area contributed by atoms with E-state index in [1.807, 2.05) is 18.2 Å². The highest BCUT2D eigenvalue weighted by Gasteiger charge is 2.36. The molecule has 1 amide bonds. The number of nitriles is 1. The molecule has 25 heavy (non-hydrogen) atoms. The molecule has 0 bridgehead atoms. The summed E-state index contributed by atoms with van der Waals surface area (Å²) in [7, 11) is 0. The molecule has 0 atom stereocenters. The van der Waals surface area contributed by atoms with E-state index in [1.54, 1.807) is 24.3 Å². The summed E-state index contributed by atoms with van der Waals surface area (Å²) in [6, 6.07) is 17.2. The molecule has 4 heteroatoms. The zero-order chi connectivity index (χ0) is 17.7. The summed E-state index contributed by atoms with van der Waals surface area (Å²) < 4.78 is 0. The Hall–Kier alpha value is -3.06. The van der Waals surface area contributed by atoms with Crippen molar-refractivity contribution in [3.05, 3.63) is 71.3 Å². The lowest BCUT2D eigenvalue weighted by atomic mass is 9.88. The van der Waals surface area contributed by atoms with Gasteiger partial charge in [0.2, 0.25) is 5.91 Å². The fraction of sp³-hybridized carbons (Fsp3) is 0.238. The fourth-order valence-electron chi connectivity index (χ4n) is 3.45. The summed E-state index contributed by atoms with van der Waals surface area (Å²) >= 11 is 0. The Morgan fingerprint density at radius 2 is 1.88 bits per heavy atom. The van der Waals surface area contributed by atoms with E-state index in [1.165, 1.54) is 6.08 Å². The topological polar surface area (TPSA) is 78.9 Å². The van der Waals surface area contributed by atoms with Crippen LogP contribution >= 0.6 is 0 Å². The van der Waals surface area contributed by atoms with Gasteiger partial charge in [0.1, 0.15) is 0 Å². The van der Waals surface area contributed by atoms with Crippen molar-refractivity contribution in [3.63, 3.8) is 0 Å². The molecule has 0 unspecified atom stereocenters. The van der Waals surface area contributed by atoms with E-state index in [2.05, 4.69) is 23.5 Å². The maximum Gasteiger partial charge on any atom is 0.244 e. The Balaban J connectivity index is 1.78. The molecule has 1 aliphatic carbocycles. The Morgan fingerprint density at radius 1 is 1.16 bits per heavy atom. The zero-order valence-electron chi connectivity index (χ0n) is 14.0. The number of hydrogen-bond donors (Lipinski definition) is 2. The summed E-state index contributed by atoms with van der Waals surface area (Å²) in [5.41, 5.74) is 8.52. The number of carbonyl (C=O) groups is 1. The predicted octanol–water partition coefficient (Wildman–Crippen LogP) is 3.74. The molecule has 4 nitrogen and oxygen atoms in total. The molecule has 1 saturated carbocycles. The van der Waals surface area contributed by atoms with Crippen LogP contribution in [-0.4, -0.2) is 5.91 Å². The Labute approximate surface area is 148 Å². The van der Waals surface area contributed by atoms with Crippen LogP contribution in [0.5, 0.6) is 0 Å². The van der Waals surface area contributed by atoms with E-state index in [9.17, 15) is 4.79 Å². The largest absolute Gasteiger partial charge is 0.398 e. The summed E-state index contributed by atoms with van der Waals surface area (Å²) in [6.07, 6.45) is 7.27. The van der Waals surface area contributed by atoms with Crippen molar-refractivity contribution in [2.45, 2.75) is 31.2 Å². The van der Waals surface area contributed by atoms with Crippen LogP contribution in [0.2, 0.25) is 0 Å². The van der Waals surface area contributed by atoms with E-state index in [0.717, 1.165) is 31.2 Å². The second-order valence-electron chi connectivity index (χ2n) is 6.43. The van der Waals surface area contributed by atoms with Gasteiger partial charge in [-0.05, 0) is 48.2 Å². The second kappa shape index (κ2) is 7.23. The van der Waals surface area contributed by atoms with E-state index in [0.29, 0.717) is 16.8 Å². The standard InChI is InChI=1S/C21H21N3O/c22-15-16-8-10-19(23)17(14-16)9-11-20(25)24-21(12-4-5-13-21)18-6-2-1-3-7-18/h1-3,6-11,14H,4-5,12-13,23H2,(H,24,25)/b11-9+. The van der Waals surface area contributed by atoms with Gasteiger partial charge in [-0.2, -0.15) is 5.26 Å². The van der Waals surface area contributed by atoms with Crippen molar-refractivity contribution in [2.24, 2.45) is 0 Å². The van der Waals surface area contributed by atoms with Gasteiger partial charge in [-0.1, -0.05) is 43.2 Å². The third-order valence-corrected chi connectivity index (χ3v) is 4.78. The monoisotopic (exact) mass is 331 g/mol. The van der Waals surface area contributed by atoms with Crippen LogP contribution in [0.25, 0.3) is 6.08 Å². The highest BCUT2D eigenvalue weighted by Crippen LogP contribution is 2.38. The first-order valence-corrected chi connectivity index (χ1v) is 8.48. The molecule has 126 valence electrons. The summed E-state index contributed by atoms with van der Waals surface area (Å²) in [5, 5.41) is 12.2. The van der Waals surface area contributed by atoms with Gasteiger partial charge in [-0.3, -0.25) is 4.79 Å². The van der Waals surface area contributed by atoms with Crippen LogP contribution in [0.4, 0.5) is 5.69 Å². The number of nitrogens with one attached hydrogen (secondary N) is 1. The molecule has 3 N–H and O–H groups in total. The van der Waals surface area contributed by atoms with Gasteiger partial charge in [-0.25, -0.2) is 0 Å². The number of amides is 1. The molecule has 0 heterocycles. The molecule has 2 aromatic carbocycles. The summed E-state index contributed by atoms with van der Waals surface area (Å²) in [4.78, 5) is 12.5. The SMILES string of the molecule is N#Cc1ccc(N)c(/C=C/C(=O)NC2(c3ccccc3)CCCC2)c1. The van der Waals surface area contributed by atoms with Crippen LogP contribution in [-0.2, 0) is 10.3 Å². The lowest BCUT2D eigenvalue weighted by molar-refractivity contribution is -0.118. The molecule has 0 radical (unpaired) electrons. The van der Waals surface area contributed by atoms with Gasteiger partial charge in [0.15, 0.2) is 0 Å². The van der Waals surface area contributed by atoms with Gasteiger partial charge in [0.05, 0.1) is 17.2 Å². The average Bonchev–Trinajstić information content (AvgIpc) is 3.11. The maximum absolute atomic E-state index is 12.5. The smallest absolute Gasteiger partial charge is 0.244 e. The van der Waals surface area contributed by atoms with Gasteiger partial charge in [-0.15, -0.1) is 0 Å². The zero-order valence-corrected chi connectivity index (χ0v) is 14.0. The molecule has 1 aliphatic rings. The van der Waals surface area contributed by atoms with Gasteiger partial charge in [0.25, 0.3) is 0 Å². The van der Waals surface area contributed by atoms with Gasteiger partial charge < -0.3 is 11.1 Å². The van der Waals surface area contributed by atoms with Crippen molar-refractivity contribution in [2.75, 3.05) is 5.73 Å². The minimum atomic E-state index is -0.289. The van der Waals surface area contributed by atoms with Crippen LogP contribution in [0.3, 0.4) is 0 Å². The highest BCUT2D eigenvalue weighted by atomic mass is 16.1. The number of nitrogens with two attached hydrogens (primary N) is 1. The van der Waals surface area contributed by atoms with Crippen molar-refractivity contribution in [3.8, 4) is 6.07 Å². The van der Waals surface area contributed by atoms with E-state index in [-0.39, 0.29) is 11.4 Å². The molecule has 0 aromatic heterocycles. The maximum atomic E-state index is 12.5. The Kier molecular flexibility index (Phi) is 4.85. The number of nitrogen functional groups attached to an aromatic ring is 1. The first-order valence-electron chi connectivity index (χ1n) is 8.48. The first-order chi connectivity index (χ1) is 12.1. The average molecular weight is 331 g/mol. The van der Waals surface area contributed by atoms with Gasteiger partial charge >= 0.3 is 0 Å². The number of benzene rings is 2. The number of anilines is 1. The minimum absolute atomic E-state index is 0.146. The predicted molar refractivity (Wildman–Crippen MR) is 99.3 cm³/mol. The van der Waals surface area contributed by atoms with Crippen molar-refractivity contribution >= 4 is 17.7 Å². The molecule has 0 aliphatic heterocycles. The molecule has 0 saturated heterocycles. The van der Waals surface area contributed by atoms with Crippen LogP contribution in [0.1, 0.15) is 42.4 Å². The number of rotatable bonds is 4. The molecular formula is C21H21N3O. The molecule has 3 rings (SSSR count). The Bertz CT molecular complexity index is 828. The fourth-order valence-corrected chi connectivity index (χ4v) is 3.45. The summed E-state index contributed by atoms with van der Waals surface area (Å²) in [6.45, 7) is 0. The second-order valence-corrected chi connectivity index (χ2v) is 6.43. The van der Waals surface area contributed by atoms with Crippen molar-refractivity contribution in [1.82, 2.24) is 5.32 Å². The molecule has 0 spiro atoms. The first kappa shape index (κ1) is 16.8. The molecule has 1 fully saturated rings. The van der Waals surface area contributed by atoms with Gasteiger partial charge in [0, 0.05) is 11.8 Å². The highest BCUT2D eigenvalue weighted by molar-refractivity contribution is 5.93. The Morgan fingerprint density at radius 3 is 2.56 bits per heavy atom. The number of nitrogens with zero attached hydrogens (tertiary/aromatic N) is 1. The molecular weight excluding hydrogens is 310 g/mol. The summed E-state index contributed by atoms with van der Waals surface area (Å²) in [5.74, 6) is -0.146. The third-order valence-electron chi connectivity index (χ3n) is 4.78. The molecule has 2 aromatic rings.